The number of nitrogens with one attached hydrogen (secondary N) is 1. The van der Waals surface area contributed by atoms with E-state index in [2.05, 4.69) is 103 Å². The van der Waals surface area contributed by atoms with Crippen LogP contribution in [0, 0.1) is 6.92 Å². The summed E-state index contributed by atoms with van der Waals surface area (Å²) in [4.78, 5) is 18.2. The Bertz CT molecular complexity index is 1250. The lowest BCUT2D eigenvalue weighted by atomic mass is 9.96. The van der Waals surface area contributed by atoms with Crippen molar-refractivity contribution in [1.82, 2.24) is 10.2 Å². The van der Waals surface area contributed by atoms with E-state index in [1.807, 2.05) is 6.92 Å². The lowest BCUT2D eigenvalue weighted by Gasteiger charge is -2.44. The Kier molecular flexibility index (Phi) is 5.61. The van der Waals surface area contributed by atoms with Crippen LogP contribution in [0.3, 0.4) is 0 Å². The first-order valence-electron chi connectivity index (χ1n) is 12.5. The smallest absolute Gasteiger partial charge is 0.252 e. The van der Waals surface area contributed by atoms with Crippen LogP contribution in [0.2, 0.25) is 19.6 Å². The molecule has 0 atom stereocenters. The van der Waals surface area contributed by atoms with Gasteiger partial charge in [0.2, 0.25) is 0 Å². The van der Waals surface area contributed by atoms with Crippen LogP contribution in [0.4, 0.5) is 5.69 Å². The number of carbonyl (C=O) groups is 1. The Labute approximate surface area is 205 Å². The van der Waals surface area contributed by atoms with E-state index >= 15 is 0 Å². The summed E-state index contributed by atoms with van der Waals surface area (Å²) in [5.41, 5.74) is 3.97. The van der Waals surface area contributed by atoms with Crippen molar-refractivity contribution >= 4 is 35.6 Å². The molecular weight excluding hydrogens is 434 g/mol. The second kappa shape index (κ2) is 8.24. The molecule has 2 fully saturated rings. The number of carbonyl (C=O) groups excluding carboxylic acids is 1. The molecule has 34 heavy (non-hydrogen) atoms. The average molecular weight is 472 g/mol. The third-order valence-electron chi connectivity index (χ3n) is 7.77. The van der Waals surface area contributed by atoms with Crippen LogP contribution in [-0.2, 0) is 5.54 Å². The zero-order chi connectivity index (χ0) is 24.3. The summed E-state index contributed by atoms with van der Waals surface area (Å²) in [6, 6.07) is 20.3. The second-order valence-electron chi connectivity index (χ2n) is 11.5. The summed E-state index contributed by atoms with van der Waals surface area (Å²) in [7, 11) is 2.79. The van der Waals surface area contributed by atoms with E-state index in [4.69, 9.17) is 0 Å². The van der Waals surface area contributed by atoms with Crippen molar-refractivity contribution in [3.05, 3.63) is 71.3 Å². The van der Waals surface area contributed by atoms with Gasteiger partial charge < -0.3 is 15.1 Å². The van der Waals surface area contributed by atoms with Gasteiger partial charge in [-0.15, -0.1) is 0 Å². The molecular formula is C29H37N3OSi. The molecule has 0 bridgehead atoms. The van der Waals surface area contributed by atoms with Gasteiger partial charge >= 0.3 is 0 Å². The number of anilines is 1. The van der Waals surface area contributed by atoms with Crippen LogP contribution in [0.1, 0.15) is 34.3 Å². The van der Waals surface area contributed by atoms with E-state index in [1.54, 1.807) is 0 Å². The summed E-state index contributed by atoms with van der Waals surface area (Å²) in [6.45, 7) is 11.3. The fourth-order valence-electron chi connectivity index (χ4n) is 5.29. The molecule has 3 aromatic rings. The molecule has 3 aromatic carbocycles. The lowest BCUT2D eigenvalue weighted by molar-refractivity contribution is 0.0930. The van der Waals surface area contributed by atoms with Gasteiger partial charge in [0.25, 0.3) is 5.91 Å². The molecule has 0 radical (unpaired) electrons. The zero-order valence-electron chi connectivity index (χ0n) is 21.4. The van der Waals surface area contributed by atoms with Gasteiger partial charge in [0, 0.05) is 30.4 Å². The average Bonchev–Trinajstić information content (AvgIpc) is 3.52. The predicted octanol–water partition coefficient (Wildman–Crippen LogP) is 4.86. The molecule has 0 unspecified atom stereocenters. The van der Waals surface area contributed by atoms with Crippen molar-refractivity contribution in [3.63, 3.8) is 0 Å². The Balaban J connectivity index is 1.43. The molecule has 5 heteroatoms. The number of benzene rings is 3. The van der Waals surface area contributed by atoms with Gasteiger partial charge in [-0.1, -0.05) is 67.3 Å². The van der Waals surface area contributed by atoms with Crippen LogP contribution in [0.25, 0.3) is 10.8 Å². The molecule has 1 N–H and O–H groups in total. The van der Waals surface area contributed by atoms with Gasteiger partial charge in [-0.05, 0) is 67.9 Å². The Morgan fingerprint density at radius 3 is 2.29 bits per heavy atom. The Morgan fingerprint density at radius 2 is 1.68 bits per heavy atom. The fraction of sp³-hybridized carbons (Fsp3) is 0.414. The summed E-state index contributed by atoms with van der Waals surface area (Å²) < 4.78 is 0. The number of likely N-dealkylation sites (N-methyl/N-ethyl adjacent to an activating group) is 1. The van der Waals surface area contributed by atoms with Crippen LogP contribution >= 0.6 is 0 Å². The maximum absolute atomic E-state index is 13.6. The first-order chi connectivity index (χ1) is 16.1. The number of rotatable bonds is 6. The minimum Gasteiger partial charge on any atom is -0.368 e. The van der Waals surface area contributed by atoms with E-state index in [1.165, 1.54) is 21.5 Å². The number of aryl methyl sites for hydroxylation is 1. The van der Waals surface area contributed by atoms with Gasteiger partial charge in [-0.3, -0.25) is 4.79 Å². The van der Waals surface area contributed by atoms with Gasteiger partial charge in [-0.25, -0.2) is 0 Å². The molecule has 0 spiro atoms. The highest BCUT2D eigenvalue weighted by atomic mass is 28.3. The molecule has 5 rings (SSSR count). The minimum absolute atomic E-state index is 0.0416. The standard InChI is InChI=1S/C29H37N3OSi/c1-20-11-12-21(32-18-22(19-32)31(2)3)17-25(20)28(33)30-29(15-16-29)26-13-14-27(34(4,5)6)24-10-8-7-9-23(24)26/h7-14,17,22H,15-16,18-19H2,1-6H3,(H,30,33). The maximum atomic E-state index is 13.6. The molecule has 1 amide bonds. The largest absolute Gasteiger partial charge is 0.368 e. The summed E-state index contributed by atoms with van der Waals surface area (Å²) in [5, 5.41) is 7.60. The van der Waals surface area contributed by atoms with E-state index in [0.717, 1.165) is 42.7 Å². The first kappa shape index (κ1) is 23.1. The molecule has 1 heterocycles. The first-order valence-corrected chi connectivity index (χ1v) is 16.0. The monoisotopic (exact) mass is 471 g/mol. The van der Waals surface area contributed by atoms with Crippen LogP contribution in [0.15, 0.2) is 54.6 Å². The summed E-state index contributed by atoms with van der Waals surface area (Å²) in [6.07, 6.45) is 1.98. The molecule has 0 aromatic heterocycles. The highest BCUT2D eigenvalue weighted by molar-refractivity contribution is 6.90. The second-order valence-corrected chi connectivity index (χ2v) is 16.6. The third kappa shape index (κ3) is 4.05. The third-order valence-corrected chi connectivity index (χ3v) is 9.83. The quantitative estimate of drug-likeness (QED) is 0.522. The number of amides is 1. The van der Waals surface area contributed by atoms with E-state index in [0.29, 0.717) is 6.04 Å². The van der Waals surface area contributed by atoms with E-state index in [9.17, 15) is 4.79 Å². The summed E-state index contributed by atoms with van der Waals surface area (Å²) >= 11 is 0. The predicted molar refractivity (Wildman–Crippen MR) is 146 cm³/mol. The number of nitrogens with zero attached hydrogens (tertiary/aromatic N) is 2. The van der Waals surface area contributed by atoms with Gasteiger partial charge in [0.15, 0.2) is 0 Å². The van der Waals surface area contributed by atoms with E-state index < -0.39 is 8.07 Å². The molecule has 1 aliphatic heterocycles. The topological polar surface area (TPSA) is 35.6 Å². The highest BCUT2D eigenvalue weighted by Crippen LogP contribution is 2.48. The molecule has 4 nitrogen and oxygen atoms in total. The van der Waals surface area contributed by atoms with Crippen LogP contribution in [0.5, 0.6) is 0 Å². The van der Waals surface area contributed by atoms with Crippen molar-refractivity contribution < 1.29 is 4.79 Å². The zero-order valence-corrected chi connectivity index (χ0v) is 22.4. The normalized spacial score (nSPS) is 17.7. The van der Waals surface area contributed by atoms with Crippen molar-refractivity contribution in [3.8, 4) is 0 Å². The van der Waals surface area contributed by atoms with Crippen molar-refractivity contribution in [2.24, 2.45) is 0 Å². The SMILES string of the molecule is Cc1ccc(N2CC(N(C)C)C2)cc1C(=O)NC1(c2ccc([Si](C)(C)C)c3ccccc23)CC1. The van der Waals surface area contributed by atoms with Gasteiger partial charge in [-0.2, -0.15) is 0 Å². The van der Waals surface area contributed by atoms with Gasteiger partial charge in [0.1, 0.15) is 0 Å². The number of hydrogen-bond acceptors (Lipinski definition) is 3. The lowest BCUT2D eigenvalue weighted by Crippen LogP contribution is -2.57. The molecule has 1 aliphatic carbocycles. The highest BCUT2D eigenvalue weighted by Gasteiger charge is 2.47. The van der Waals surface area contributed by atoms with Gasteiger partial charge in [0.05, 0.1) is 13.6 Å². The van der Waals surface area contributed by atoms with Crippen molar-refractivity contribution in [1.29, 1.82) is 0 Å². The minimum atomic E-state index is -1.47. The maximum Gasteiger partial charge on any atom is 0.252 e. The number of hydrogen-bond donors (Lipinski definition) is 1. The van der Waals surface area contributed by atoms with Crippen molar-refractivity contribution in [2.45, 2.75) is 51.0 Å². The van der Waals surface area contributed by atoms with E-state index in [-0.39, 0.29) is 11.4 Å². The van der Waals surface area contributed by atoms with Crippen molar-refractivity contribution in [2.75, 3.05) is 32.1 Å². The van der Waals surface area contributed by atoms with Crippen LogP contribution < -0.4 is 15.4 Å². The fourth-order valence-corrected chi connectivity index (χ4v) is 6.90. The number of fused-ring (bicyclic) bond motifs is 1. The molecule has 1 saturated heterocycles. The molecule has 178 valence electrons. The Hall–Kier alpha value is -2.63. The molecule has 2 aliphatic rings. The Morgan fingerprint density at radius 1 is 1.00 bits per heavy atom. The summed E-state index contributed by atoms with van der Waals surface area (Å²) in [5.74, 6) is 0.0416. The van der Waals surface area contributed by atoms with Crippen LogP contribution in [-0.4, -0.2) is 52.1 Å². The molecule has 1 saturated carbocycles.